The van der Waals surface area contributed by atoms with Crippen LogP contribution in [-0.2, 0) is 6.54 Å². The normalized spacial score (nSPS) is 13.9. The van der Waals surface area contributed by atoms with Crippen molar-refractivity contribution in [1.82, 2.24) is 44.8 Å². The molecule has 1 saturated carbocycles. The Morgan fingerprint density at radius 1 is 1.02 bits per heavy atom. The van der Waals surface area contributed by atoms with E-state index >= 15 is 0 Å². The fourth-order valence-electron chi connectivity index (χ4n) is 4.91. The Morgan fingerprint density at radius 3 is 2.73 bits per heavy atom. The summed E-state index contributed by atoms with van der Waals surface area (Å²) in [6.45, 7) is 0.423. The van der Waals surface area contributed by atoms with E-state index in [9.17, 15) is 5.21 Å². The van der Waals surface area contributed by atoms with Gasteiger partial charge in [0.25, 0.3) is 0 Å². The fourth-order valence-corrected chi connectivity index (χ4v) is 5.08. The smallest absolute Gasteiger partial charge is 0.219 e. The zero-order valence-electron chi connectivity index (χ0n) is 21.2. The molecule has 11 nitrogen and oxygen atoms in total. The highest BCUT2D eigenvalue weighted by Gasteiger charge is 2.27. The summed E-state index contributed by atoms with van der Waals surface area (Å²) in [5.41, 5.74) is 5.77. The third-order valence-electron chi connectivity index (χ3n) is 7.10. The Hall–Kier alpha value is -4.90. The number of hydrogen-bond acceptors (Lipinski definition) is 7. The molecule has 1 aromatic carbocycles. The zero-order chi connectivity index (χ0) is 27.1. The molecule has 0 bridgehead atoms. The molecule has 6 aromatic rings. The molecule has 1 aliphatic rings. The third-order valence-corrected chi connectivity index (χ3v) is 7.34. The molecule has 0 aliphatic heterocycles. The van der Waals surface area contributed by atoms with E-state index < -0.39 is 6.04 Å². The molecule has 0 radical (unpaired) electrons. The van der Waals surface area contributed by atoms with Crippen molar-refractivity contribution in [2.24, 2.45) is 0 Å². The monoisotopic (exact) mass is 550 g/mol. The van der Waals surface area contributed by atoms with E-state index in [2.05, 4.69) is 36.8 Å². The van der Waals surface area contributed by atoms with Crippen LogP contribution in [0.25, 0.3) is 27.9 Å². The van der Waals surface area contributed by atoms with Crippen LogP contribution in [0.2, 0.25) is 5.02 Å². The van der Waals surface area contributed by atoms with Crippen molar-refractivity contribution in [2.45, 2.75) is 31.3 Å². The van der Waals surface area contributed by atoms with Crippen LogP contribution in [0.4, 0.5) is 0 Å². The highest BCUT2D eigenvalue weighted by molar-refractivity contribution is 6.31. The molecule has 12 heteroatoms. The predicted molar refractivity (Wildman–Crippen MR) is 146 cm³/mol. The van der Waals surface area contributed by atoms with E-state index in [4.69, 9.17) is 11.6 Å². The van der Waals surface area contributed by atoms with E-state index in [1.165, 1.54) is 23.9 Å². The van der Waals surface area contributed by atoms with Gasteiger partial charge in [-0.25, -0.2) is 0 Å². The Kier molecular flexibility index (Phi) is 6.05. The van der Waals surface area contributed by atoms with Gasteiger partial charge in [-0.3, -0.25) is 14.3 Å². The average Bonchev–Trinajstić information content (AvgIpc) is 3.35. The van der Waals surface area contributed by atoms with Gasteiger partial charge < -0.3 is 5.21 Å². The second-order valence-electron chi connectivity index (χ2n) is 9.78. The minimum absolute atomic E-state index is 0.414. The summed E-state index contributed by atoms with van der Waals surface area (Å²) in [4.78, 5) is 4.53. The molecule has 7 rings (SSSR count). The summed E-state index contributed by atoms with van der Waals surface area (Å²) < 4.78 is 6.04. The minimum Gasteiger partial charge on any atom is -0.618 e. The molecule has 1 fully saturated rings. The first-order valence-electron chi connectivity index (χ1n) is 12.9. The van der Waals surface area contributed by atoms with Crippen molar-refractivity contribution in [3.8, 4) is 27.9 Å². The van der Waals surface area contributed by atoms with Gasteiger partial charge in [0.2, 0.25) is 5.69 Å². The standard InChI is InChI=1S/C28H23ClN10O/c29-23-5-7-26(38-18-31-34-35-38)24(13-23)21-4-6-27(39(40)16-21)28(17-36-11-1-9-32-36)37-15-22(14-33-37)20-8-10-30-25(12-20)19-2-3-19/h1,4-16,18-19,28H,2-3,17H2. The van der Waals surface area contributed by atoms with Crippen molar-refractivity contribution in [2.75, 3.05) is 0 Å². The Balaban J connectivity index is 1.27. The van der Waals surface area contributed by atoms with Gasteiger partial charge in [0.1, 0.15) is 6.33 Å². The highest BCUT2D eigenvalue weighted by atomic mass is 35.5. The summed E-state index contributed by atoms with van der Waals surface area (Å²) in [5.74, 6) is 0.557. The number of hydrogen-bond donors (Lipinski definition) is 0. The lowest BCUT2D eigenvalue weighted by Gasteiger charge is -2.18. The van der Waals surface area contributed by atoms with E-state index in [0.717, 1.165) is 27.1 Å². The lowest BCUT2D eigenvalue weighted by Crippen LogP contribution is -2.37. The van der Waals surface area contributed by atoms with Gasteiger partial charge >= 0.3 is 0 Å². The van der Waals surface area contributed by atoms with E-state index in [1.54, 1.807) is 29.2 Å². The van der Waals surface area contributed by atoms with Crippen LogP contribution in [0.1, 0.15) is 36.2 Å². The molecule has 5 heterocycles. The van der Waals surface area contributed by atoms with Crippen LogP contribution in [0, 0.1) is 5.21 Å². The van der Waals surface area contributed by atoms with Crippen LogP contribution >= 0.6 is 11.6 Å². The lowest BCUT2D eigenvalue weighted by molar-refractivity contribution is -0.615. The molecule has 1 atom stereocenters. The highest BCUT2D eigenvalue weighted by Crippen LogP contribution is 2.40. The Labute approximate surface area is 233 Å². The maximum atomic E-state index is 13.6. The van der Waals surface area contributed by atoms with Gasteiger partial charge in [0.05, 0.1) is 18.4 Å². The second-order valence-corrected chi connectivity index (χ2v) is 10.2. The maximum Gasteiger partial charge on any atom is 0.219 e. The van der Waals surface area contributed by atoms with Crippen molar-refractivity contribution >= 4 is 11.6 Å². The summed E-state index contributed by atoms with van der Waals surface area (Å²) in [6.07, 6.45) is 14.7. The van der Waals surface area contributed by atoms with E-state index in [0.29, 0.717) is 34.4 Å². The first-order valence-corrected chi connectivity index (χ1v) is 13.2. The van der Waals surface area contributed by atoms with Crippen molar-refractivity contribution in [3.05, 3.63) is 114 Å². The van der Waals surface area contributed by atoms with E-state index in [1.807, 2.05) is 59.8 Å². The topological polar surface area (TPSA) is 119 Å². The molecular weight excluding hydrogens is 528 g/mol. The Bertz CT molecular complexity index is 1780. The molecule has 0 amide bonds. The second kappa shape index (κ2) is 10.0. The quantitative estimate of drug-likeness (QED) is 0.205. The summed E-state index contributed by atoms with van der Waals surface area (Å²) in [6, 6.07) is 14.7. The van der Waals surface area contributed by atoms with Gasteiger partial charge in [-0.1, -0.05) is 11.6 Å². The summed E-state index contributed by atoms with van der Waals surface area (Å²) >= 11 is 6.32. The molecule has 0 N–H and O–H groups in total. The van der Waals surface area contributed by atoms with Gasteiger partial charge in [-0.05, 0) is 71.3 Å². The molecular formula is C28H23ClN10O. The summed E-state index contributed by atoms with van der Waals surface area (Å²) in [5, 5.41) is 34.7. The van der Waals surface area contributed by atoms with Crippen molar-refractivity contribution in [1.29, 1.82) is 0 Å². The number of halogens is 1. The number of pyridine rings is 2. The van der Waals surface area contributed by atoms with E-state index in [-0.39, 0.29) is 0 Å². The number of aromatic nitrogens is 10. The van der Waals surface area contributed by atoms with Crippen LogP contribution in [0.15, 0.2) is 92.0 Å². The lowest BCUT2D eigenvalue weighted by atomic mass is 10.0. The SMILES string of the molecule is [O-][n+]1cc(-c2cc(Cl)ccc2-n2cnnn2)ccc1C(Cn1cccn1)n1cc(-c2ccnc(C3CC3)c2)cn1. The van der Waals surface area contributed by atoms with Crippen LogP contribution in [0.3, 0.4) is 0 Å². The zero-order valence-corrected chi connectivity index (χ0v) is 22.0. The molecule has 0 spiro atoms. The molecule has 40 heavy (non-hydrogen) atoms. The van der Waals surface area contributed by atoms with Crippen LogP contribution < -0.4 is 4.73 Å². The largest absolute Gasteiger partial charge is 0.618 e. The van der Waals surface area contributed by atoms with Gasteiger partial charge in [-0.2, -0.15) is 19.6 Å². The number of nitrogens with zero attached hydrogens (tertiary/aromatic N) is 10. The maximum absolute atomic E-state index is 13.6. The number of benzene rings is 1. The van der Waals surface area contributed by atoms with Gasteiger partial charge in [0, 0.05) is 64.2 Å². The summed E-state index contributed by atoms with van der Waals surface area (Å²) in [7, 11) is 0. The van der Waals surface area contributed by atoms with Crippen LogP contribution in [-0.4, -0.2) is 44.8 Å². The first-order chi connectivity index (χ1) is 19.6. The Morgan fingerprint density at radius 2 is 1.95 bits per heavy atom. The van der Waals surface area contributed by atoms with Crippen molar-refractivity contribution in [3.63, 3.8) is 0 Å². The predicted octanol–water partition coefficient (Wildman–Crippen LogP) is 4.24. The van der Waals surface area contributed by atoms with Crippen LogP contribution in [0.5, 0.6) is 0 Å². The van der Waals surface area contributed by atoms with Gasteiger partial charge in [-0.15, -0.1) is 5.10 Å². The molecule has 5 aromatic heterocycles. The molecule has 198 valence electrons. The number of rotatable bonds is 8. The first kappa shape index (κ1) is 24.2. The average molecular weight is 551 g/mol. The number of tetrazole rings is 1. The molecule has 1 aliphatic carbocycles. The third kappa shape index (κ3) is 4.71. The van der Waals surface area contributed by atoms with Crippen molar-refractivity contribution < 1.29 is 4.73 Å². The fraction of sp³-hybridized carbons (Fsp3) is 0.179. The minimum atomic E-state index is -0.414. The molecule has 1 unspecified atom stereocenters. The van der Waals surface area contributed by atoms with Gasteiger partial charge in [0.15, 0.2) is 12.2 Å². The molecule has 0 saturated heterocycles.